The molecule has 0 radical (unpaired) electrons. The topological polar surface area (TPSA) is 79.7 Å². The Morgan fingerprint density at radius 1 is 1.26 bits per heavy atom. The number of piperidine rings is 1. The summed E-state index contributed by atoms with van der Waals surface area (Å²) in [7, 11) is 1.68. The van der Waals surface area contributed by atoms with Gasteiger partial charge in [-0.15, -0.1) is 0 Å². The Bertz CT molecular complexity index is 1330. The number of pyridine rings is 1. The van der Waals surface area contributed by atoms with E-state index in [1.165, 1.54) is 4.57 Å². The number of imidazole rings is 1. The van der Waals surface area contributed by atoms with E-state index < -0.39 is 18.1 Å². The molecule has 1 aliphatic heterocycles. The highest BCUT2D eigenvalue weighted by molar-refractivity contribution is 5.82. The van der Waals surface area contributed by atoms with E-state index in [1.807, 2.05) is 18.7 Å². The van der Waals surface area contributed by atoms with Crippen LogP contribution in [0, 0.1) is 24.2 Å². The lowest BCUT2D eigenvalue weighted by atomic mass is 9.89. The standard InChI is InChI=1S/C25H30F2N6O2/c1-14-12-32(13-15(2)22(14)27)24-19(28-4)11-18(26)23(30-24)29-17-6-7-20-21(10-17)33(9-8-16(3)34)25(35)31(20)5/h6-7,10-11,14-16,22,34H,8-9,12-13H2,1-3,5H3,(H,29,30)/t14-,15+,16-,22?/m1/s1. The first-order chi connectivity index (χ1) is 16.6. The minimum absolute atomic E-state index is 0.0526. The molecule has 2 N–H and O–H groups in total. The smallest absolute Gasteiger partial charge is 0.328 e. The third-order valence-electron chi connectivity index (χ3n) is 6.64. The number of aromatic nitrogens is 3. The summed E-state index contributed by atoms with van der Waals surface area (Å²) in [6, 6.07) is 6.37. The summed E-state index contributed by atoms with van der Waals surface area (Å²) in [6.07, 6.45) is -1.07. The van der Waals surface area contributed by atoms with Crippen LogP contribution in [0.4, 0.5) is 31.8 Å². The lowest BCUT2D eigenvalue weighted by molar-refractivity contribution is 0.148. The van der Waals surface area contributed by atoms with E-state index in [9.17, 15) is 18.7 Å². The summed E-state index contributed by atoms with van der Waals surface area (Å²) in [4.78, 5) is 22.4. The van der Waals surface area contributed by atoms with Gasteiger partial charge in [0.25, 0.3) is 0 Å². The van der Waals surface area contributed by atoms with Crippen molar-refractivity contribution >= 4 is 34.0 Å². The second-order valence-electron chi connectivity index (χ2n) is 9.54. The molecular formula is C25H30F2N6O2. The molecule has 35 heavy (non-hydrogen) atoms. The second-order valence-corrected chi connectivity index (χ2v) is 9.54. The Balaban J connectivity index is 1.70. The molecule has 0 bridgehead atoms. The normalized spacial score (nSPS) is 21.2. The van der Waals surface area contributed by atoms with Crippen LogP contribution in [0.25, 0.3) is 15.9 Å². The number of anilines is 3. The van der Waals surface area contributed by atoms with Crippen molar-refractivity contribution < 1.29 is 13.9 Å². The summed E-state index contributed by atoms with van der Waals surface area (Å²) >= 11 is 0. The van der Waals surface area contributed by atoms with Gasteiger partial charge >= 0.3 is 5.69 Å². The maximum atomic E-state index is 14.9. The molecule has 1 aromatic carbocycles. The maximum absolute atomic E-state index is 14.9. The van der Waals surface area contributed by atoms with Gasteiger partial charge in [0.05, 0.1) is 23.7 Å². The van der Waals surface area contributed by atoms with Crippen LogP contribution < -0.4 is 15.9 Å². The van der Waals surface area contributed by atoms with Crippen LogP contribution in [0.15, 0.2) is 29.1 Å². The van der Waals surface area contributed by atoms with Crippen LogP contribution in [0.5, 0.6) is 0 Å². The minimum atomic E-state index is -0.940. The SMILES string of the molecule is [C-]#[N+]c1cc(F)c(Nc2ccc3c(c2)n(CC[C@@H](C)O)c(=O)n3C)nc1N1C[C@@H](C)C(F)[C@@H](C)C1. The molecule has 0 amide bonds. The molecule has 0 saturated carbocycles. The van der Waals surface area contributed by atoms with Crippen molar-refractivity contribution in [3.8, 4) is 0 Å². The van der Waals surface area contributed by atoms with Crippen LogP contribution in [0.1, 0.15) is 27.2 Å². The fourth-order valence-corrected chi connectivity index (χ4v) is 4.73. The molecule has 4 atom stereocenters. The predicted octanol–water partition coefficient (Wildman–Crippen LogP) is 4.37. The average molecular weight is 485 g/mol. The number of nitrogens with zero attached hydrogens (tertiary/aromatic N) is 5. The van der Waals surface area contributed by atoms with Crippen LogP contribution in [0.2, 0.25) is 0 Å². The molecule has 8 nitrogen and oxygen atoms in total. The average Bonchev–Trinajstić information content (AvgIpc) is 3.05. The number of benzene rings is 1. The van der Waals surface area contributed by atoms with E-state index in [4.69, 9.17) is 6.57 Å². The monoisotopic (exact) mass is 484 g/mol. The maximum Gasteiger partial charge on any atom is 0.328 e. The number of halogens is 2. The van der Waals surface area contributed by atoms with Crippen molar-refractivity contribution in [3.63, 3.8) is 0 Å². The first-order valence-corrected chi connectivity index (χ1v) is 11.7. The Kier molecular flexibility index (Phi) is 6.81. The number of fused-ring (bicyclic) bond motifs is 1. The molecule has 10 heteroatoms. The fourth-order valence-electron chi connectivity index (χ4n) is 4.73. The van der Waals surface area contributed by atoms with E-state index in [-0.39, 0.29) is 29.0 Å². The van der Waals surface area contributed by atoms with Crippen molar-refractivity contribution in [2.75, 3.05) is 23.3 Å². The number of aliphatic hydroxyl groups is 1. The molecule has 1 aliphatic rings. The Morgan fingerprint density at radius 2 is 1.94 bits per heavy atom. The molecule has 4 rings (SSSR count). The molecular weight excluding hydrogens is 454 g/mol. The van der Waals surface area contributed by atoms with Crippen molar-refractivity contribution in [1.82, 2.24) is 14.1 Å². The van der Waals surface area contributed by atoms with Gasteiger partial charge in [-0.1, -0.05) is 13.8 Å². The Hall–Kier alpha value is -3.45. The summed E-state index contributed by atoms with van der Waals surface area (Å²) in [5.74, 6) is -0.882. The number of hydrogen-bond donors (Lipinski definition) is 2. The molecule has 0 aliphatic carbocycles. The summed E-state index contributed by atoms with van der Waals surface area (Å²) in [6.45, 7) is 13.9. The van der Waals surface area contributed by atoms with Crippen molar-refractivity contribution in [2.24, 2.45) is 18.9 Å². The molecule has 1 unspecified atom stereocenters. The quantitative estimate of drug-likeness (QED) is 0.508. The lowest BCUT2D eigenvalue weighted by Crippen LogP contribution is -2.46. The fraction of sp³-hybridized carbons (Fsp3) is 0.480. The van der Waals surface area contributed by atoms with Gasteiger partial charge in [-0.2, -0.15) is 0 Å². The molecule has 2 aromatic heterocycles. The molecule has 3 heterocycles. The van der Waals surface area contributed by atoms with Gasteiger partial charge < -0.3 is 15.3 Å². The Morgan fingerprint density at radius 3 is 2.57 bits per heavy atom. The lowest BCUT2D eigenvalue weighted by Gasteiger charge is -2.39. The van der Waals surface area contributed by atoms with Crippen LogP contribution in [-0.2, 0) is 13.6 Å². The number of rotatable bonds is 6. The summed E-state index contributed by atoms with van der Waals surface area (Å²) < 4.78 is 32.4. The third-order valence-corrected chi connectivity index (χ3v) is 6.64. The molecule has 1 saturated heterocycles. The number of hydrogen-bond acceptors (Lipinski definition) is 5. The zero-order valence-electron chi connectivity index (χ0n) is 20.3. The first kappa shape index (κ1) is 24.7. The summed E-state index contributed by atoms with van der Waals surface area (Å²) in [5, 5.41) is 12.6. The van der Waals surface area contributed by atoms with E-state index in [2.05, 4.69) is 15.1 Å². The van der Waals surface area contributed by atoms with Crippen LogP contribution >= 0.6 is 0 Å². The predicted molar refractivity (Wildman–Crippen MR) is 133 cm³/mol. The largest absolute Gasteiger partial charge is 0.393 e. The summed E-state index contributed by atoms with van der Waals surface area (Å²) in [5.41, 5.74) is 1.75. The Labute approximate surface area is 202 Å². The van der Waals surface area contributed by atoms with Gasteiger partial charge in [0.15, 0.2) is 11.6 Å². The zero-order chi connectivity index (χ0) is 25.4. The van der Waals surface area contributed by atoms with E-state index in [1.54, 1.807) is 36.7 Å². The van der Waals surface area contributed by atoms with Gasteiger partial charge in [0, 0.05) is 44.2 Å². The van der Waals surface area contributed by atoms with Gasteiger partial charge in [0.1, 0.15) is 12.0 Å². The van der Waals surface area contributed by atoms with Gasteiger partial charge in [0.2, 0.25) is 5.69 Å². The van der Waals surface area contributed by atoms with Crippen molar-refractivity contribution in [1.29, 1.82) is 0 Å². The minimum Gasteiger partial charge on any atom is -0.393 e. The van der Waals surface area contributed by atoms with Crippen molar-refractivity contribution in [2.45, 2.75) is 46.0 Å². The van der Waals surface area contributed by atoms with Crippen LogP contribution in [0.3, 0.4) is 0 Å². The zero-order valence-corrected chi connectivity index (χ0v) is 20.3. The number of alkyl halides is 1. The molecule has 3 aromatic rings. The molecule has 0 spiro atoms. The third kappa shape index (κ3) is 4.73. The van der Waals surface area contributed by atoms with Crippen LogP contribution in [-0.4, -0.2) is 44.6 Å². The van der Waals surface area contributed by atoms with E-state index in [0.717, 1.165) is 6.07 Å². The van der Waals surface area contributed by atoms with E-state index >= 15 is 0 Å². The number of nitrogens with one attached hydrogen (secondary N) is 1. The molecule has 186 valence electrons. The first-order valence-electron chi connectivity index (χ1n) is 11.7. The number of aryl methyl sites for hydroxylation is 2. The highest BCUT2D eigenvalue weighted by atomic mass is 19.1. The van der Waals surface area contributed by atoms with Gasteiger partial charge in [-0.3, -0.25) is 9.13 Å². The highest BCUT2D eigenvalue weighted by Gasteiger charge is 2.33. The van der Waals surface area contributed by atoms with Crippen molar-refractivity contribution in [3.05, 3.63) is 52.0 Å². The highest BCUT2D eigenvalue weighted by Crippen LogP contribution is 2.36. The van der Waals surface area contributed by atoms with Gasteiger partial charge in [-0.05, 0) is 37.6 Å². The number of aliphatic hydroxyl groups excluding tert-OH is 1. The molecule has 1 fully saturated rings. The second kappa shape index (κ2) is 9.66. The van der Waals surface area contributed by atoms with Gasteiger partial charge in [-0.25, -0.2) is 23.4 Å². The van der Waals surface area contributed by atoms with E-state index in [0.29, 0.717) is 48.6 Å².